The Kier molecular flexibility index (Phi) is 15.7. The second kappa shape index (κ2) is 20.3. The predicted octanol–water partition coefficient (Wildman–Crippen LogP) is 6.34. The van der Waals surface area contributed by atoms with E-state index in [9.17, 15) is 38.0 Å². The number of halogens is 3. The van der Waals surface area contributed by atoms with E-state index >= 15 is 0 Å². The maximum Gasteiger partial charge on any atom is 0.431 e. The van der Waals surface area contributed by atoms with Gasteiger partial charge >= 0.3 is 18.1 Å². The lowest BCUT2D eigenvalue weighted by Gasteiger charge is -2.31. The lowest BCUT2D eigenvalue weighted by Crippen LogP contribution is -2.38. The summed E-state index contributed by atoms with van der Waals surface area (Å²) >= 11 is 0. The van der Waals surface area contributed by atoms with Crippen molar-refractivity contribution in [2.75, 3.05) is 45.3 Å². The summed E-state index contributed by atoms with van der Waals surface area (Å²) in [4.78, 5) is 37.0. The highest BCUT2D eigenvalue weighted by Crippen LogP contribution is 2.44. The number of dihydropyridines is 1. The number of nitrogens with zero attached hydrogens (tertiary/aromatic N) is 1. The van der Waals surface area contributed by atoms with Gasteiger partial charge in [-0.3, -0.25) is 10.1 Å². The number of aliphatic hydroxyl groups is 1. The van der Waals surface area contributed by atoms with Crippen LogP contribution in [0, 0.1) is 10.1 Å². The third-order valence-electron chi connectivity index (χ3n) is 8.66. The van der Waals surface area contributed by atoms with Crippen LogP contribution in [0.1, 0.15) is 50.7 Å². The van der Waals surface area contributed by atoms with Gasteiger partial charge in [0.1, 0.15) is 29.9 Å². The summed E-state index contributed by atoms with van der Waals surface area (Å²) in [5, 5.41) is 30.1. The van der Waals surface area contributed by atoms with E-state index in [4.69, 9.17) is 14.2 Å². The number of hydrogen-bond donors (Lipinski definition) is 4. The maximum absolute atomic E-state index is 14.2. The molecule has 0 spiro atoms. The number of benzene rings is 3. The van der Waals surface area contributed by atoms with Crippen LogP contribution >= 0.6 is 0 Å². The smallest absolute Gasteiger partial charge is 0.431 e. The summed E-state index contributed by atoms with van der Waals surface area (Å²) in [6.45, 7) is 7.00. The highest BCUT2D eigenvalue weighted by molar-refractivity contribution is 6.00. The second-order valence-electron chi connectivity index (χ2n) is 13.3. The number of esters is 2. The third kappa shape index (κ3) is 12.5. The van der Waals surface area contributed by atoms with Gasteiger partial charge in [0, 0.05) is 49.1 Å². The van der Waals surface area contributed by atoms with Crippen molar-refractivity contribution in [2.45, 2.75) is 64.3 Å². The van der Waals surface area contributed by atoms with E-state index in [1.165, 1.54) is 19.1 Å². The average Bonchev–Trinajstić information content (AvgIpc) is 3.17. The zero-order valence-corrected chi connectivity index (χ0v) is 31.6. The van der Waals surface area contributed by atoms with E-state index in [0.29, 0.717) is 24.7 Å². The van der Waals surface area contributed by atoms with Gasteiger partial charge < -0.3 is 40.0 Å². The number of nitro benzene ring substituents is 1. The van der Waals surface area contributed by atoms with Gasteiger partial charge in [0.05, 0.1) is 42.3 Å². The van der Waals surface area contributed by atoms with Crippen molar-refractivity contribution in [3.8, 4) is 11.5 Å². The van der Waals surface area contributed by atoms with Gasteiger partial charge in [0.2, 0.25) is 0 Å². The van der Waals surface area contributed by atoms with Gasteiger partial charge in [-0.1, -0.05) is 38.1 Å². The Bertz CT molecular complexity index is 1860. The van der Waals surface area contributed by atoms with Crippen LogP contribution < -0.4 is 25.4 Å². The molecule has 0 saturated heterocycles. The Morgan fingerprint density at radius 3 is 2.27 bits per heavy atom. The number of unbranched alkanes of at least 4 members (excludes halogenated alkanes) is 1. The average molecular weight is 785 g/mol. The van der Waals surface area contributed by atoms with E-state index in [0.717, 1.165) is 49.9 Å². The Labute approximate surface area is 323 Å². The number of hydrogen-bond acceptors (Lipinski definition) is 12. The summed E-state index contributed by atoms with van der Waals surface area (Å²) in [5.74, 6) is -2.71. The number of aliphatic hydroxyl groups excluding tert-OH is 1. The molecule has 2 atom stereocenters. The van der Waals surface area contributed by atoms with Crippen molar-refractivity contribution >= 4 is 23.3 Å². The fourth-order valence-corrected chi connectivity index (χ4v) is 5.84. The minimum atomic E-state index is -5.05. The molecule has 302 valence electrons. The molecule has 0 bridgehead atoms. The molecule has 0 amide bonds. The van der Waals surface area contributed by atoms with E-state index < -0.39 is 52.0 Å². The molecule has 2 unspecified atom stereocenters. The number of non-ortho nitro benzene ring substituents is 1. The second-order valence-corrected chi connectivity index (χ2v) is 13.3. The quantitative estimate of drug-likeness (QED) is 0.0435. The van der Waals surface area contributed by atoms with Crippen molar-refractivity contribution < 1.29 is 51.7 Å². The molecule has 1 aliphatic rings. The number of anilines is 1. The van der Waals surface area contributed by atoms with Crippen LogP contribution in [0.25, 0.3) is 0 Å². The molecule has 4 rings (SSSR count). The first-order valence-corrected chi connectivity index (χ1v) is 18.1. The minimum absolute atomic E-state index is 0.0964. The highest BCUT2D eigenvalue weighted by Gasteiger charge is 2.47. The lowest BCUT2D eigenvalue weighted by molar-refractivity contribution is -0.384. The number of nitro groups is 1. The fourth-order valence-electron chi connectivity index (χ4n) is 5.84. The number of ether oxygens (including phenoxy) is 4. The molecule has 13 nitrogen and oxygen atoms in total. The summed E-state index contributed by atoms with van der Waals surface area (Å²) < 4.78 is 64.1. The molecule has 0 radical (unpaired) electrons. The topological polar surface area (TPSA) is 171 Å². The van der Waals surface area contributed by atoms with Gasteiger partial charge in [0.25, 0.3) is 5.69 Å². The van der Waals surface area contributed by atoms with Crippen LogP contribution in [0.3, 0.4) is 0 Å². The Balaban J connectivity index is 1.25. The molecule has 3 aromatic carbocycles. The summed E-state index contributed by atoms with van der Waals surface area (Å²) in [6, 6.07) is 19.7. The van der Waals surface area contributed by atoms with Crippen molar-refractivity contribution in [3.63, 3.8) is 0 Å². The highest BCUT2D eigenvalue weighted by atomic mass is 19.4. The minimum Gasteiger partial charge on any atom is -0.494 e. The molecule has 3 aromatic rings. The molecule has 16 heteroatoms. The molecule has 0 saturated carbocycles. The first-order valence-electron chi connectivity index (χ1n) is 18.1. The van der Waals surface area contributed by atoms with Crippen LogP contribution in [0.2, 0.25) is 0 Å². The van der Waals surface area contributed by atoms with E-state index in [2.05, 4.69) is 20.7 Å². The molecule has 0 aromatic heterocycles. The van der Waals surface area contributed by atoms with Crippen LogP contribution in [-0.2, 0) is 25.5 Å². The van der Waals surface area contributed by atoms with Gasteiger partial charge in [-0.05, 0) is 67.3 Å². The number of carbonyl (C=O) groups is 2. The number of nitrogens with one attached hydrogen (secondary N) is 3. The first-order chi connectivity index (χ1) is 26.7. The monoisotopic (exact) mass is 784 g/mol. The van der Waals surface area contributed by atoms with Crippen LogP contribution in [-0.4, -0.2) is 80.3 Å². The Hall–Kier alpha value is -5.61. The van der Waals surface area contributed by atoms with Crippen LogP contribution in [0.15, 0.2) is 95.3 Å². The first kappa shape index (κ1) is 43.1. The van der Waals surface area contributed by atoms with Gasteiger partial charge in [-0.15, -0.1) is 0 Å². The van der Waals surface area contributed by atoms with E-state index in [1.807, 2.05) is 38.1 Å². The maximum atomic E-state index is 14.2. The van der Waals surface area contributed by atoms with Crippen molar-refractivity contribution in [3.05, 3.63) is 117 Å². The van der Waals surface area contributed by atoms with Crippen molar-refractivity contribution in [2.24, 2.45) is 0 Å². The lowest BCUT2D eigenvalue weighted by atomic mass is 9.80. The summed E-state index contributed by atoms with van der Waals surface area (Å²) in [5.41, 5.74) is -1.71. The van der Waals surface area contributed by atoms with Gasteiger partial charge in [-0.25, -0.2) is 9.59 Å². The predicted molar refractivity (Wildman–Crippen MR) is 202 cm³/mol. The fraction of sp³-hybridized carbons (Fsp3) is 0.400. The third-order valence-corrected chi connectivity index (χ3v) is 8.66. The molecule has 0 aliphatic carbocycles. The Morgan fingerprint density at radius 2 is 1.62 bits per heavy atom. The van der Waals surface area contributed by atoms with Crippen LogP contribution in [0.5, 0.6) is 11.5 Å². The molecular weight excluding hydrogens is 737 g/mol. The van der Waals surface area contributed by atoms with Crippen molar-refractivity contribution in [1.29, 1.82) is 0 Å². The zero-order valence-electron chi connectivity index (χ0n) is 31.6. The van der Waals surface area contributed by atoms with Gasteiger partial charge in [-0.2, -0.15) is 13.2 Å². The molecule has 1 aliphatic heterocycles. The standard InChI is InChI=1S/C40H47F3N4O9/c1-25(2)45-23-31(48)24-56-33-16-12-29(13-17-33)44-19-5-6-20-54-32-14-10-27(11-15-32)18-21-55-39(50)34-26(3)46-37(40(41,42)43)36(38(49)53-4)35(34)28-8-7-9-30(22-28)47(51)52/h7-17,22,25,31,35,44-46,48H,5-6,18-21,23-24H2,1-4H3. The molecule has 56 heavy (non-hydrogen) atoms. The largest absolute Gasteiger partial charge is 0.494 e. The van der Waals surface area contributed by atoms with E-state index in [-0.39, 0.29) is 42.5 Å². The summed E-state index contributed by atoms with van der Waals surface area (Å²) in [6.07, 6.45) is -3.72. The Morgan fingerprint density at radius 1 is 0.946 bits per heavy atom. The van der Waals surface area contributed by atoms with Crippen molar-refractivity contribution in [1.82, 2.24) is 10.6 Å². The number of rotatable bonds is 20. The normalized spacial score (nSPS) is 14.9. The van der Waals surface area contributed by atoms with E-state index in [1.54, 1.807) is 24.3 Å². The number of allylic oxidation sites excluding steroid dienone is 2. The zero-order chi connectivity index (χ0) is 40.8. The molecule has 1 heterocycles. The number of alkyl halides is 3. The molecule has 4 N–H and O–H groups in total. The van der Waals surface area contributed by atoms with Crippen LogP contribution in [0.4, 0.5) is 24.5 Å². The summed E-state index contributed by atoms with van der Waals surface area (Å²) in [7, 11) is 0.896. The SMILES string of the molecule is COC(=O)C1=C(C(F)(F)F)NC(C)=C(C(=O)OCCc2ccc(OCCCCNc3ccc(OCC(O)CNC(C)C)cc3)cc2)C1c1cccc([N+](=O)[O-])c1. The van der Waals surface area contributed by atoms with Gasteiger partial charge in [0.15, 0.2) is 0 Å². The number of carbonyl (C=O) groups excluding carboxylic acids is 2. The molecule has 0 fully saturated rings. The number of methoxy groups -OCH3 is 1. The molecular formula is C40H47F3N4O9.